The summed E-state index contributed by atoms with van der Waals surface area (Å²) in [5.41, 5.74) is 3.50. The van der Waals surface area contributed by atoms with Crippen LogP contribution < -0.4 is 14.8 Å². The first-order valence-electron chi connectivity index (χ1n) is 10.9. The fourth-order valence-corrected chi connectivity index (χ4v) is 4.28. The van der Waals surface area contributed by atoms with Crippen molar-refractivity contribution in [3.05, 3.63) is 100 Å². The number of hydrogen-bond acceptors (Lipinski definition) is 5. The number of methoxy groups -OCH3 is 2. The first kappa shape index (κ1) is 23.7. The van der Waals surface area contributed by atoms with Crippen molar-refractivity contribution in [3.63, 3.8) is 0 Å². The molecule has 5 rings (SSSR count). The molecule has 10 heteroatoms. The Balaban J connectivity index is 1.79. The second-order valence-corrected chi connectivity index (χ2v) is 8.46. The van der Waals surface area contributed by atoms with Gasteiger partial charge < -0.3 is 14.8 Å². The highest BCUT2D eigenvalue weighted by Crippen LogP contribution is 2.45. The first-order chi connectivity index (χ1) is 17.3. The third-order valence-electron chi connectivity index (χ3n) is 5.87. The highest BCUT2D eigenvalue weighted by molar-refractivity contribution is 6.30. The molecule has 1 atom stereocenters. The number of rotatable bonds is 5. The highest BCUT2D eigenvalue weighted by atomic mass is 35.5. The summed E-state index contributed by atoms with van der Waals surface area (Å²) in [5, 5.41) is 7.48. The zero-order valence-corrected chi connectivity index (χ0v) is 19.9. The number of allylic oxidation sites excluding steroid dienone is 1. The predicted octanol–water partition coefficient (Wildman–Crippen LogP) is 6.55. The number of nitrogens with one attached hydrogen (secondary N) is 1. The van der Waals surface area contributed by atoms with Crippen LogP contribution in [0.4, 0.5) is 19.1 Å². The van der Waals surface area contributed by atoms with Gasteiger partial charge in [-0.2, -0.15) is 18.2 Å². The number of anilines is 1. The second-order valence-electron chi connectivity index (χ2n) is 8.03. The predicted molar refractivity (Wildman–Crippen MR) is 131 cm³/mol. The molecule has 0 fully saturated rings. The average Bonchev–Trinajstić information content (AvgIpc) is 3.33. The van der Waals surface area contributed by atoms with Crippen molar-refractivity contribution >= 4 is 28.8 Å². The third-order valence-corrected chi connectivity index (χ3v) is 6.13. The van der Waals surface area contributed by atoms with Crippen molar-refractivity contribution in [1.82, 2.24) is 14.8 Å². The van der Waals surface area contributed by atoms with Crippen LogP contribution in [0.3, 0.4) is 0 Å². The van der Waals surface area contributed by atoms with Crippen LogP contribution in [0.5, 0.6) is 11.5 Å². The summed E-state index contributed by atoms with van der Waals surface area (Å²) < 4.78 is 52.8. The van der Waals surface area contributed by atoms with Gasteiger partial charge in [0.25, 0.3) is 5.82 Å². The van der Waals surface area contributed by atoms with Gasteiger partial charge in [-0.15, -0.1) is 5.10 Å². The number of hydrogen-bond donors (Lipinski definition) is 1. The van der Waals surface area contributed by atoms with Gasteiger partial charge in [0, 0.05) is 10.6 Å². The van der Waals surface area contributed by atoms with E-state index in [2.05, 4.69) is 15.4 Å². The van der Waals surface area contributed by atoms with Gasteiger partial charge in [-0.1, -0.05) is 35.9 Å². The summed E-state index contributed by atoms with van der Waals surface area (Å²) in [5.74, 6) is 0.0512. The molecule has 0 bridgehead atoms. The van der Waals surface area contributed by atoms with Crippen LogP contribution in [0.2, 0.25) is 5.02 Å². The van der Waals surface area contributed by atoms with Gasteiger partial charge in [-0.25, -0.2) is 4.68 Å². The van der Waals surface area contributed by atoms with Gasteiger partial charge in [0.15, 0.2) is 0 Å². The molecule has 0 aliphatic carbocycles. The SMILES string of the molecule is COc1ccc(C2=C(c3ccc(OC)cc3)C(c3ccc(Cl)cc3)n3nc(C(F)(F)F)nc3N2)cc1. The molecule has 1 aliphatic heterocycles. The molecule has 1 aliphatic rings. The zero-order chi connectivity index (χ0) is 25.4. The van der Waals surface area contributed by atoms with Gasteiger partial charge >= 0.3 is 6.18 Å². The van der Waals surface area contributed by atoms with Crippen molar-refractivity contribution in [2.24, 2.45) is 0 Å². The lowest BCUT2D eigenvalue weighted by atomic mass is 9.88. The maximum absolute atomic E-state index is 13.6. The summed E-state index contributed by atoms with van der Waals surface area (Å²) in [7, 11) is 3.13. The van der Waals surface area contributed by atoms with Gasteiger partial charge in [0.05, 0.1) is 19.9 Å². The summed E-state index contributed by atoms with van der Waals surface area (Å²) in [6, 6.07) is 20.7. The number of nitrogens with zero attached hydrogens (tertiary/aromatic N) is 3. The normalized spacial score (nSPS) is 15.3. The minimum atomic E-state index is -4.71. The van der Waals surface area contributed by atoms with E-state index in [0.29, 0.717) is 33.4 Å². The van der Waals surface area contributed by atoms with Crippen LogP contribution in [0, 0.1) is 0 Å². The first-order valence-corrected chi connectivity index (χ1v) is 11.3. The Morgan fingerprint density at radius 2 is 1.39 bits per heavy atom. The number of aromatic nitrogens is 3. The molecule has 1 unspecified atom stereocenters. The fourth-order valence-electron chi connectivity index (χ4n) is 4.16. The second kappa shape index (κ2) is 9.23. The topological polar surface area (TPSA) is 61.2 Å². The quantitative estimate of drug-likeness (QED) is 0.328. The third kappa shape index (κ3) is 4.37. The number of benzene rings is 3. The van der Waals surface area contributed by atoms with E-state index in [1.165, 1.54) is 4.68 Å². The molecule has 0 radical (unpaired) electrons. The van der Waals surface area contributed by atoms with Gasteiger partial charge in [0.2, 0.25) is 5.95 Å². The Hall–Kier alpha value is -3.98. The van der Waals surface area contributed by atoms with E-state index in [4.69, 9.17) is 21.1 Å². The van der Waals surface area contributed by atoms with E-state index in [1.54, 1.807) is 62.8 Å². The lowest BCUT2D eigenvalue weighted by Gasteiger charge is -2.31. The summed E-state index contributed by atoms with van der Waals surface area (Å²) in [4.78, 5) is 3.79. The van der Waals surface area contributed by atoms with E-state index in [1.807, 2.05) is 24.3 Å². The monoisotopic (exact) mass is 512 g/mol. The lowest BCUT2D eigenvalue weighted by molar-refractivity contribution is -0.145. The van der Waals surface area contributed by atoms with Gasteiger partial charge in [0.1, 0.15) is 17.5 Å². The van der Waals surface area contributed by atoms with Crippen LogP contribution in [0.15, 0.2) is 72.8 Å². The molecule has 1 N–H and O–H groups in total. The standard InChI is InChI=1S/C26H20ClF3N4O2/c1-35-19-11-5-15(6-12-19)21-22(16-7-13-20(36-2)14-8-16)31-25-32-24(26(28,29)30)33-34(25)23(21)17-3-9-18(27)10-4-17/h3-14,23H,1-2H3,(H,31,32,33). The van der Waals surface area contributed by atoms with Crippen LogP contribution in [-0.2, 0) is 6.18 Å². The fraction of sp³-hybridized carbons (Fsp3) is 0.154. The molecule has 0 amide bonds. The molecule has 0 spiro atoms. The molecule has 36 heavy (non-hydrogen) atoms. The molecular formula is C26H20ClF3N4O2. The molecule has 184 valence electrons. The number of alkyl halides is 3. The molecule has 4 aromatic rings. The summed E-state index contributed by atoms with van der Waals surface area (Å²) >= 11 is 6.12. The van der Waals surface area contributed by atoms with E-state index in [-0.39, 0.29) is 5.95 Å². The van der Waals surface area contributed by atoms with Crippen LogP contribution in [-0.4, -0.2) is 29.0 Å². The van der Waals surface area contributed by atoms with Crippen molar-refractivity contribution in [1.29, 1.82) is 0 Å². The summed E-state index contributed by atoms with van der Waals surface area (Å²) in [6.07, 6.45) is -4.71. The minimum Gasteiger partial charge on any atom is -0.497 e. The van der Waals surface area contributed by atoms with Crippen LogP contribution >= 0.6 is 11.6 Å². The van der Waals surface area contributed by atoms with E-state index >= 15 is 0 Å². The van der Waals surface area contributed by atoms with Crippen molar-refractivity contribution in [2.45, 2.75) is 12.2 Å². The molecule has 2 heterocycles. The Morgan fingerprint density at radius 3 is 1.92 bits per heavy atom. The zero-order valence-electron chi connectivity index (χ0n) is 19.2. The smallest absolute Gasteiger partial charge is 0.453 e. The maximum atomic E-state index is 13.6. The molecule has 1 aromatic heterocycles. The van der Waals surface area contributed by atoms with Crippen molar-refractivity contribution in [2.75, 3.05) is 19.5 Å². The largest absolute Gasteiger partial charge is 0.497 e. The van der Waals surface area contributed by atoms with Gasteiger partial charge in [-0.05, 0) is 65.2 Å². The Bertz CT molecular complexity index is 1410. The number of ether oxygens (including phenoxy) is 2. The lowest BCUT2D eigenvalue weighted by Crippen LogP contribution is -2.24. The van der Waals surface area contributed by atoms with E-state index in [9.17, 15) is 13.2 Å². The maximum Gasteiger partial charge on any atom is 0.453 e. The van der Waals surface area contributed by atoms with E-state index in [0.717, 1.165) is 11.1 Å². The number of halogens is 4. The molecular weight excluding hydrogens is 493 g/mol. The van der Waals surface area contributed by atoms with Crippen molar-refractivity contribution in [3.8, 4) is 11.5 Å². The molecule has 0 saturated carbocycles. The Labute approximate surface area is 210 Å². The highest BCUT2D eigenvalue weighted by Gasteiger charge is 2.41. The van der Waals surface area contributed by atoms with Crippen LogP contribution in [0.1, 0.15) is 28.6 Å². The van der Waals surface area contributed by atoms with Crippen LogP contribution in [0.25, 0.3) is 11.3 Å². The minimum absolute atomic E-state index is 0.0228. The molecule has 0 saturated heterocycles. The average molecular weight is 513 g/mol. The summed E-state index contributed by atoms with van der Waals surface area (Å²) in [6.45, 7) is 0. The Morgan fingerprint density at radius 1 is 0.833 bits per heavy atom. The number of fused-ring (bicyclic) bond motifs is 1. The Kier molecular flexibility index (Phi) is 6.09. The van der Waals surface area contributed by atoms with Gasteiger partial charge in [-0.3, -0.25) is 0 Å². The van der Waals surface area contributed by atoms with Crippen molar-refractivity contribution < 1.29 is 22.6 Å². The molecule has 6 nitrogen and oxygen atoms in total. The molecule has 3 aromatic carbocycles. The van der Waals surface area contributed by atoms with E-state index < -0.39 is 18.0 Å².